The molecule has 1 aliphatic rings. The monoisotopic (exact) mass is 251 g/mol. The Labute approximate surface area is 106 Å². The van der Waals surface area contributed by atoms with Crippen LogP contribution >= 0.6 is 0 Å². The van der Waals surface area contributed by atoms with E-state index in [-0.39, 0.29) is 17.3 Å². The number of carbonyl (C=O) groups is 1. The quantitative estimate of drug-likeness (QED) is 0.894. The molecule has 5 heteroatoms. The SMILES string of the molecule is CCCC1CCN(C(=O)c2cc(F)cnc2N)C1. The van der Waals surface area contributed by atoms with Crippen LogP contribution in [0.15, 0.2) is 12.3 Å². The van der Waals surface area contributed by atoms with E-state index in [1.807, 2.05) is 0 Å². The highest BCUT2D eigenvalue weighted by Crippen LogP contribution is 2.23. The Kier molecular flexibility index (Phi) is 3.79. The first kappa shape index (κ1) is 12.8. The summed E-state index contributed by atoms with van der Waals surface area (Å²) in [5.74, 6) is -0.0861. The lowest BCUT2D eigenvalue weighted by Gasteiger charge is -2.17. The smallest absolute Gasteiger partial charge is 0.257 e. The molecule has 1 aromatic heterocycles. The molecule has 0 spiro atoms. The summed E-state index contributed by atoms with van der Waals surface area (Å²) in [6.45, 7) is 3.60. The molecule has 0 aromatic carbocycles. The highest BCUT2D eigenvalue weighted by atomic mass is 19.1. The van der Waals surface area contributed by atoms with E-state index < -0.39 is 5.82 Å². The maximum Gasteiger partial charge on any atom is 0.257 e. The number of hydrogen-bond acceptors (Lipinski definition) is 3. The number of anilines is 1. The minimum Gasteiger partial charge on any atom is -0.383 e. The Morgan fingerprint density at radius 3 is 3.17 bits per heavy atom. The van der Waals surface area contributed by atoms with Crippen LogP contribution in [0.1, 0.15) is 36.5 Å². The number of amides is 1. The van der Waals surface area contributed by atoms with Gasteiger partial charge in [-0.05, 0) is 24.8 Å². The summed E-state index contributed by atoms with van der Waals surface area (Å²) in [6.07, 6.45) is 4.29. The molecule has 0 aliphatic carbocycles. The van der Waals surface area contributed by atoms with Crippen LogP contribution in [0.4, 0.5) is 10.2 Å². The van der Waals surface area contributed by atoms with E-state index in [4.69, 9.17) is 5.73 Å². The van der Waals surface area contributed by atoms with Crippen molar-refractivity contribution in [3.8, 4) is 0 Å². The van der Waals surface area contributed by atoms with Gasteiger partial charge in [0, 0.05) is 13.1 Å². The second-order valence-electron chi connectivity index (χ2n) is 4.78. The highest BCUT2D eigenvalue weighted by Gasteiger charge is 2.27. The van der Waals surface area contributed by atoms with Crippen molar-refractivity contribution >= 4 is 11.7 Å². The van der Waals surface area contributed by atoms with Gasteiger partial charge < -0.3 is 10.6 Å². The van der Waals surface area contributed by atoms with Crippen molar-refractivity contribution in [1.82, 2.24) is 9.88 Å². The van der Waals surface area contributed by atoms with Crippen molar-refractivity contribution in [2.24, 2.45) is 5.92 Å². The summed E-state index contributed by atoms with van der Waals surface area (Å²) < 4.78 is 13.1. The van der Waals surface area contributed by atoms with Gasteiger partial charge in [0.1, 0.15) is 11.6 Å². The second kappa shape index (κ2) is 5.33. The number of pyridine rings is 1. The molecule has 1 saturated heterocycles. The maximum atomic E-state index is 13.1. The number of nitrogens with zero attached hydrogens (tertiary/aromatic N) is 2. The highest BCUT2D eigenvalue weighted by molar-refractivity contribution is 5.98. The Morgan fingerprint density at radius 1 is 1.67 bits per heavy atom. The predicted molar refractivity (Wildman–Crippen MR) is 67.5 cm³/mol. The third-order valence-corrected chi connectivity index (χ3v) is 3.39. The van der Waals surface area contributed by atoms with Crippen LogP contribution in [0.2, 0.25) is 0 Å². The molecule has 1 amide bonds. The van der Waals surface area contributed by atoms with Gasteiger partial charge in [-0.3, -0.25) is 4.79 Å². The van der Waals surface area contributed by atoms with Gasteiger partial charge >= 0.3 is 0 Å². The largest absolute Gasteiger partial charge is 0.383 e. The van der Waals surface area contributed by atoms with Crippen LogP contribution < -0.4 is 5.73 Å². The van der Waals surface area contributed by atoms with Gasteiger partial charge in [-0.2, -0.15) is 0 Å². The minimum atomic E-state index is -0.531. The minimum absolute atomic E-state index is 0.0975. The van der Waals surface area contributed by atoms with Crippen LogP contribution in [-0.4, -0.2) is 28.9 Å². The number of carbonyl (C=O) groups excluding carboxylic acids is 1. The number of likely N-dealkylation sites (tertiary alicyclic amines) is 1. The van der Waals surface area contributed by atoms with Crippen molar-refractivity contribution in [3.05, 3.63) is 23.6 Å². The molecule has 0 bridgehead atoms. The zero-order chi connectivity index (χ0) is 13.1. The zero-order valence-corrected chi connectivity index (χ0v) is 10.5. The fourth-order valence-electron chi connectivity index (χ4n) is 2.45. The summed E-state index contributed by atoms with van der Waals surface area (Å²) in [5, 5.41) is 0. The predicted octanol–water partition coefficient (Wildman–Crippen LogP) is 2.07. The van der Waals surface area contributed by atoms with E-state index >= 15 is 0 Å². The first-order chi connectivity index (χ1) is 8.61. The molecule has 0 radical (unpaired) electrons. The third kappa shape index (κ3) is 2.60. The first-order valence-electron chi connectivity index (χ1n) is 6.32. The summed E-state index contributed by atoms with van der Waals surface area (Å²) in [5.41, 5.74) is 5.80. The fourth-order valence-corrected chi connectivity index (χ4v) is 2.45. The average molecular weight is 251 g/mol. The molecular weight excluding hydrogens is 233 g/mol. The standard InChI is InChI=1S/C13H18FN3O/c1-2-3-9-4-5-17(8-9)13(18)11-6-10(14)7-16-12(11)15/h6-7,9H,2-5,8H2,1H3,(H2,15,16). The van der Waals surface area contributed by atoms with E-state index in [2.05, 4.69) is 11.9 Å². The van der Waals surface area contributed by atoms with Crippen LogP contribution in [-0.2, 0) is 0 Å². The van der Waals surface area contributed by atoms with Gasteiger partial charge in [0.2, 0.25) is 0 Å². The number of nitrogen functional groups attached to an aromatic ring is 1. The van der Waals surface area contributed by atoms with Gasteiger partial charge in [0.05, 0.1) is 11.8 Å². The van der Waals surface area contributed by atoms with Crippen molar-refractivity contribution in [1.29, 1.82) is 0 Å². The Morgan fingerprint density at radius 2 is 2.44 bits per heavy atom. The molecular formula is C13H18FN3O. The van der Waals surface area contributed by atoms with E-state index in [1.54, 1.807) is 4.90 Å². The van der Waals surface area contributed by atoms with E-state index in [9.17, 15) is 9.18 Å². The lowest BCUT2D eigenvalue weighted by atomic mass is 10.0. The number of nitrogens with two attached hydrogens (primary N) is 1. The molecule has 0 saturated carbocycles. The van der Waals surface area contributed by atoms with Gasteiger partial charge in [-0.15, -0.1) is 0 Å². The molecule has 1 aromatic rings. The molecule has 98 valence electrons. The van der Waals surface area contributed by atoms with Crippen molar-refractivity contribution < 1.29 is 9.18 Å². The number of hydrogen-bond donors (Lipinski definition) is 1. The maximum absolute atomic E-state index is 13.1. The molecule has 1 unspecified atom stereocenters. The van der Waals surface area contributed by atoms with Gasteiger partial charge in [-0.1, -0.05) is 13.3 Å². The Balaban J connectivity index is 2.10. The summed E-state index contributed by atoms with van der Waals surface area (Å²) in [7, 11) is 0. The first-order valence-corrected chi connectivity index (χ1v) is 6.32. The molecule has 4 nitrogen and oxygen atoms in total. The summed E-state index contributed by atoms with van der Waals surface area (Å²) in [4.78, 5) is 17.6. The molecule has 2 rings (SSSR count). The molecule has 1 fully saturated rings. The zero-order valence-electron chi connectivity index (χ0n) is 10.5. The van der Waals surface area contributed by atoms with Crippen molar-refractivity contribution in [2.75, 3.05) is 18.8 Å². The molecule has 1 atom stereocenters. The normalized spacial score (nSPS) is 19.2. The molecule has 18 heavy (non-hydrogen) atoms. The van der Waals surface area contributed by atoms with E-state index in [0.717, 1.165) is 44.6 Å². The molecule has 1 aliphatic heterocycles. The summed E-state index contributed by atoms with van der Waals surface area (Å²) in [6, 6.07) is 1.16. The lowest BCUT2D eigenvalue weighted by Crippen LogP contribution is -2.29. The van der Waals surface area contributed by atoms with E-state index in [0.29, 0.717) is 5.92 Å². The third-order valence-electron chi connectivity index (χ3n) is 3.39. The number of halogens is 1. The summed E-state index contributed by atoms with van der Waals surface area (Å²) >= 11 is 0. The van der Waals surface area contributed by atoms with E-state index in [1.165, 1.54) is 0 Å². The van der Waals surface area contributed by atoms with Crippen LogP contribution in [0.25, 0.3) is 0 Å². The van der Waals surface area contributed by atoms with Crippen molar-refractivity contribution in [3.63, 3.8) is 0 Å². The molecule has 2 N–H and O–H groups in total. The Hall–Kier alpha value is -1.65. The van der Waals surface area contributed by atoms with Crippen LogP contribution in [0.5, 0.6) is 0 Å². The molecule has 2 heterocycles. The number of aromatic nitrogens is 1. The van der Waals surface area contributed by atoms with Gasteiger partial charge in [0.15, 0.2) is 0 Å². The average Bonchev–Trinajstić information content (AvgIpc) is 2.80. The van der Waals surface area contributed by atoms with Crippen molar-refractivity contribution in [2.45, 2.75) is 26.2 Å². The topological polar surface area (TPSA) is 59.2 Å². The van der Waals surface area contributed by atoms with Gasteiger partial charge in [0.25, 0.3) is 5.91 Å². The second-order valence-corrected chi connectivity index (χ2v) is 4.78. The lowest BCUT2D eigenvalue weighted by molar-refractivity contribution is 0.0786. The van der Waals surface area contributed by atoms with Gasteiger partial charge in [-0.25, -0.2) is 9.37 Å². The fraction of sp³-hybridized carbons (Fsp3) is 0.538. The number of rotatable bonds is 3. The Bertz CT molecular complexity index is 450. The van der Waals surface area contributed by atoms with Crippen LogP contribution in [0.3, 0.4) is 0 Å². The van der Waals surface area contributed by atoms with Crippen LogP contribution in [0, 0.1) is 11.7 Å².